The summed E-state index contributed by atoms with van der Waals surface area (Å²) >= 11 is 3.47. The Bertz CT molecular complexity index is 642. The molecule has 1 fully saturated rings. The Hall–Kier alpha value is -0.920. The van der Waals surface area contributed by atoms with Gasteiger partial charge in [-0.1, -0.05) is 34.1 Å². The minimum atomic E-state index is -3.20. The van der Waals surface area contributed by atoms with Crippen LogP contribution in [0.15, 0.2) is 28.7 Å². The first-order chi connectivity index (χ1) is 10.9. The molecule has 1 heterocycles. The van der Waals surface area contributed by atoms with E-state index in [9.17, 15) is 13.2 Å². The van der Waals surface area contributed by atoms with Crippen molar-refractivity contribution in [3.05, 3.63) is 34.3 Å². The van der Waals surface area contributed by atoms with Crippen molar-refractivity contribution in [2.24, 2.45) is 0 Å². The van der Waals surface area contributed by atoms with Crippen LogP contribution in [0.1, 0.15) is 44.2 Å². The first-order valence-electron chi connectivity index (χ1n) is 7.92. The number of benzene rings is 1. The number of halogens is 1. The van der Waals surface area contributed by atoms with Crippen molar-refractivity contribution < 1.29 is 13.2 Å². The SMILES string of the molecule is CC(NC(=O)CCCS(=O)(=O)N1CCCC1)c1ccccc1Br. The van der Waals surface area contributed by atoms with Crippen LogP contribution in [0.25, 0.3) is 0 Å². The van der Waals surface area contributed by atoms with E-state index in [0.717, 1.165) is 22.9 Å². The van der Waals surface area contributed by atoms with Crippen molar-refractivity contribution in [2.45, 2.75) is 38.6 Å². The summed E-state index contributed by atoms with van der Waals surface area (Å²) in [7, 11) is -3.20. The van der Waals surface area contributed by atoms with Crippen molar-refractivity contribution in [1.82, 2.24) is 9.62 Å². The van der Waals surface area contributed by atoms with Gasteiger partial charge in [-0.15, -0.1) is 0 Å². The molecule has 1 aromatic rings. The number of carbonyl (C=O) groups is 1. The number of nitrogens with one attached hydrogen (secondary N) is 1. The molecule has 128 valence electrons. The molecule has 7 heteroatoms. The van der Waals surface area contributed by atoms with Crippen LogP contribution >= 0.6 is 15.9 Å². The Morgan fingerprint density at radius 2 is 1.96 bits per heavy atom. The monoisotopic (exact) mass is 402 g/mol. The van der Waals surface area contributed by atoms with Crippen molar-refractivity contribution in [3.8, 4) is 0 Å². The fourth-order valence-electron chi connectivity index (χ4n) is 2.73. The molecule has 2 rings (SSSR count). The van der Waals surface area contributed by atoms with E-state index >= 15 is 0 Å². The number of hydrogen-bond acceptors (Lipinski definition) is 3. The van der Waals surface area contributed by atoms with Crippen LogP contribution in [0.3, 0.4) is 0 Å². The highest BCUT2D eigenvalue weighted by Crippen LogP contribution is 2.22. The second kappa shape index (κ2) is 8.26. The molecule has 0 spiro atoms. The van der Waals surface area contributed by atoms with Crippen LogP contribution in [0.5, 0.6) is 0 Å². The molecule has 1 unspecified atom stereocenters. The summed E-state index contributed by atoms with van der Waals surface area (Å²) in [6.45, 7) is 3.15. The number of carbonyl (C=O) groups excluding carboxylic acids is 1. The molecule has 5 nitrogen and oxygen atoms in total. The van der Waals surface area contributed by atoms with Gasteiger partial charge in [0.15, 0.2) is 0 Å². The minimum absolute atomic E-state index is 0.0455. The Kier molecular flexibility index (Phi) is 6.61. The smallest absolute Gasteiger partial charge is 0.220 e. The lowest BCUT2D eigenvalue weighted by atomic mass is 10.1. The lowest BCUT2D eigenvalue weighted by molar-refractivity contribution is -0.121. The van der Waals surface area contributed by atoms with Gasteiger partial charge in [0.25, 0.3) is 0 Å². The molecule has 1 atom stereocenters. The van der Waals surface area contributed by atoms with Gasteiger partial charge in [0, 0.05) is 24.0 Å². The number of sulfonamides is 1. The van der Waals surface area contributed by atoms with E-state index in [4.69, 9.17) is 0 Å². The third-order valence-corrected chi connectivity index (χ3v) is 6.69. The van der Waals surface area contributed by atoms with Gasteiger partial charge in [0.2, 0.25) is 15.9 Å². The molecule has 1 aliphatic rings. The van der Waals surface area contributed by atoms with Crippen molar-refractivity contribution in [2.75, 3.05) is 18.8 Å². The Balaban J connectivity index is 1.78. The lowest BCUT2D eigenvalue weighted by Gasteiger charge is -2.17. The van der Waals surface area contributed by atoms with Gasteiger partial charge in [-0.2, -0.15) is 0 Å². The maximum absolute atomic E-state index is 12.1. The van der Waals surface area contributed by atoms with Gasteiger partial charge in [0.05, 0.1) is 11.8 Å². The number of hydrogen-bond donors (Lipinski definition) is 1. The summed E-state index contributed by atoms with van der Waals surface area (Å²) in [6.07, 6.45) is 2.45. The van der Waals surface area contributed by atoms with Gasteiger partial charge in [0.1, 0.15) is 0 Å². The first kappa shape index (κ1) is 18.4. The molecule has 23 heavy (non-hydrogen) atoms. The van der Waals surface area contributed by atoms with Crippen molar-refractivity contribution in [1.29, 1.82) is 0 Å². The molecule has 0 saturated carbocycles. The topological polar surface area (TPSA) is 66.5 Å². The van der Waals surface area contributed by atoms with Gasteiger partial charge in [-0.25, -0.2) is 12.7 Å². The zero-order valence-electron chi connectivity index (χ0n) is 13.3. The maximum Gasteiger partial charge on any atom is 0.220 e. The Labute approximate surface area is 146 Å². The van der Waals surface area contributed by atoms with Gasteiger partial charge < -0.3 is 5.32 Å². The average molecular weight is 403 g/mol. The largest absolute Gasteiger partial charge is 0.350 e. The molecule has 0 bridgehead atoms. The van der Waals surface area contributed by atoms with E-state index in [1.54, 1.807) is 0 Å². The molecule has 0 aromatic heterocycles. The number of rotatable bonds is 7. The van der Waals surface area contributed by atoms with E-state index in [1.165, 1.54) is 4.31 Å². The van der Waals surface area contributed by atoms with Crippen LogP contribution in [-0.2, 0) is 14.8 Å². The van der Waals surface area contributed by atoms with E-state index in [2.05, 4.69) is 21.2 Å². The summed E-state index contributed by atoms with van der Waals surface area (Å²) in [5, 5.41) is 2.92. The average Bonchev–Trinajstić information content (AvgIpc) is 3.02. The second-order valence-corrected chi connectivity index (χ2v) is 8.78. The Morgan fingerprint density at radius 3 is 2.61 bits per heavy atom. The van der Waals surface area contributed by atoms with E-state index in [-0.39, 0.29) is 24.1 Å². The summed E-state index contributed by atoms with van der Waals surface area (Å²) in [5.41, 5.74) is 1.01. The number of nitrogens with zero attached hydrogens (tertiary/aromatic N) is 1. The van der Waals surface area contributed by atoms with Crippen LogP contribution < -0.4 is 5.32 Å². The predicted molar refractivity (Wildman–Crippen MR) is 94.5 cm³/mol. The normalized spacial score (nSPS) is 17.1. The van der Waals surface area contributed by atoms with Crippen molar-refractivity contribution in [3.63, 3.8) is 0 Å². The third kappa shape index (κ3) is 5.29. The molecular weight excluding hydrogens is 380 g/mol. The first-order valence-corrected chi connectivity index (χ1v) is 10.3. The van der Waals surface area contributed by atoms with Gasteiger partial charge in [-0.05, 0) is 37.8 Å². The van der Waals surface area contributed by atoms with Crippen LogP contribution in [0, 0.1) is 0 Å². The molecule has 0 aliphatic carbocycles. The lowest BCUT2D eigenvalue weighted by Crippen LogP contribution is -2.31. The molecule has 0 radical (unpaired) electrons. The summed E-state index contributed by atoms with van der Waals surface area (Å²) in [4.78, 5) is 12.0. The molecule has 1 amide bonds. The second-order valence-electron chi connectivity index (χ2n) is 5.84. The molecule has 1 aromatic carbocycles. The fourth-order valence-corrected chi connectivity index (χ4v) is 4.94. The highest BCUT2D eigenvalue weighted by Gasteiger charge is 2.25. The van der Waals surface area contributed by atoms with Gasteiger partial charge in [-0.3, -0.25) is 4.79 Å². The minimum Gasteiger partial charge on any atom is -0.350 e. The highest BCUT2D eigenvalue weighted by molar-refractivity contribution is 9.10. The zero-order chi connectivity index (χ0) is 16.9. The van der Waals surface area contributed by atoms with E-state index < -0.39 is 10.0 Å². The maximum atomic E-state index is 12.1. The van der Waals surface area contributed by atoms with Crippen LogP contribution in [0.4, 0.5) is 0 Å². The van der Waals surface area contributed by atoms with E-state index in [0.29, 0.717) is 19.5 Å². The third-order valence-electron chi connectivity index (χ3n) is 4.01. The molecule has 1 aliphatic heterocycles. The summed E-state index contributed by atoms with van der Waals surface area (Å²) in [6, 6.07) is 7.61. The van der Waals surface area contributed by atoms with Crippen LogP contribution in [-0.4, -0.2) is 37.5 Å². The standard InChI is InChI=1S/C16H23BrN2O3S/c1-13(14-7-2-3-8-15(14)17)18-16(20)9-6-12-23(21,22)19-10-4-5-11-19/h2-3,7-8,13H,4-6,9-12H2,1H3,(H,18,20). The summed E-state index contributed by atoms with van der Waals surface area (Å²) < 4.78 is 26.7. The summed E-state index contributed by atoms with van der Waals surface area (Å²) in [5.74, 6) is -0.0750. The van der Waals surface area contributed by atoms with Gasteiger partial charge >= 0.3 is 0 Å². The molecular formula is C16H23BrN2O3S. The molecule has 1 N–H and O–H groups in total. The predicted octanol–water partition coefficient (Wildman–Crippen LogP) is 2.83. The van der Waals surface area contributed by atoms with E-state index in [1.807, 2.05) is 31.2 Å². The molecule has 1 saturated heterocycles. The Morgan fingerprint density at radius 1 is 1.30 bits per heavy atom. The number of amides is 1. The van der Waals surface area contributed by atoms with Crippen molar-refractivity contribution >= 4 is 31.9 Å². The quantitative estimate of drug-likeness (QED) is 0.762. The zero-order valence-corrected chi connectivity index (χ0v) is 15.7. The highest BCUT2D eigenvalue weighted by atomic mass is 79.9. The fraction of sp³-hybridized carbons (Fsp3) is 0.562. The van der Waals surface area contributed by atoms with Crippen LogP contribution in [0.2, 0.25) is 0 Å².